The summed E-state index contributed by atoms with van der Waals surface area (Å²) < 4.78 is 0. The monoisotopic (exact) mass is 361 g/mol. The molecule has 1 amide bonds. The maximum atomic E-state index is 12.3. The van der Waals surface area contributed by atoms with Crippen molar-refractivity contribution in [3.63, 3.8) is 0 Å². The largest absolute Gasteiger partial charge is 0.321 e. The average Bonchev–Trinajstić information content (AvgIpc) is 3.43. The molecule has 0 unspecified atom stereocenters. The first-order chi connectivity index (χ1) is 13.2. The van der Waals surface area contributed by atoms with E-state index in [9.17, 15) is 4.79 Å². The second-order valence-corrected chi connectivity index (χ2v) is 7.16. The molecule has 1 aromatic carbocycles. The van der Waals surface area contributed by atoms with Crippen molar-refractivity contribution in [2.24, 2.45) is 0 Å². The first kappa shape index (κ1) is 17.4. The number of amides is 1. The summed E-state index contributed by atoms with van der Waals surface area (Å²) in [7, 11) is 2.08. The minimum atomic E-state index is -0.132. The van der Waals surface area contributed by atoms with Crippen LogP contribution in [0.1, 0.15) is 46.1 Å². The molecule has 3 aromatic rings. The number of aromatic amines is 1. The third kappa shape index (κ3) is 4.60. The van der Waals surface area contributed by atoms with Crippen LogP contribution in [0.5, 0.6) is 0 Å². The highest BCUT2D eigenvalue weighted by molar-refractivity contribution is 6.04. The SMILES string of the molecule is CN(Cc1ccc(C(=O)Nc2cccnc2)cc1)Cc1cc(C2CC2)n[nH]1. The number of rotatable bonds is 7. The highest BCUT2D eigenvalue weighted by Crippen LogP contribution is 2.39. The number of benzene rings is 1. The fraction of sp³-hybridized carbons (Fsp3) is 0.286. The number of aromatic nitrogens is 3. The Kier molecular flexibility index (Phi) is 4.98. The molecule has 0 saturated heterocycles. The minimum absolute atomic E-state index is 0.132. The summed E-state index contributed by atoms with van der Waals surface area (Å²) in [6.07, 6.45) is 5.84. The van der Waals surface area contributed by atoms with E-state index in [-0.39, 0.29) is 5.91 Å². The van der Waals surface area contributed by atoms with E-state index < -0.39 is 0 Å². The van der Waals surface area contributed by atoms with Crippen molar-refractivity contribution in [1.29, 1.82) is 0 Å². The van der Waals surface area contributed by atoms with E-state index in [1.54, 1.807) is 18.5 Å². The van der Waals surface area contributed by atoms with Crippen LogP contribution in [0.2, 0.25) is 0 Å². The molecule has 1 aliphatic rings. The van der Waals surface area contributed by atoms with Gasteiger partial charge in [0.1, 0.15) is 0 Å². The van der Waals surface area contributed by atoms with Crippen molar-refractivity contribution in [3.8, 4) is 0 Å². The minimum Gasteiger partial charge on any atom is -0.321 e. The van der Waals surface area contributed by atoms with Gasteiger partial charge in [-0.2, -0.15) is 5.10 Å². The molecule has 6 nitrogen and oxygen atoms in total. The van der Waals surface area contributed by atoms with Crippen LogP contribution in [0.3, 0.4) is 0 Å². The van der Waals surface area contributed by atoms with Crippen molar-refractivity contribution < 1.29 is 4.79 Å². The quantitative estimate of drug-likeness (QED) is 0.675. The van der Waals surface area contributed by atoms with Gasteiger partial charge < -0.3 is 5.32 Å². The van der Waals surface area contributed by atoms with E-state index in [0.717, 1.165) is 24.3 Å². The molecule has 6 heteroatoms. The Hall–Kier alpha value is -2.99. The highest BCUT2D eigenvalue weighted by atomic mass is 16.1. The van der Waals surface area contributed by atoms with Gasteiger partial charge in [-0.3, -0.25) is 19.8 Å². The van der Waals surface area contributed by atoms with Crippen molar-refractivity contribution in [1.82, 2.24) is 20.1 Å². The Bertz CT molecular complexity index is 900. The number of nitrogens with zero attached hydrogens (tertiary/aromatic N) is 3. The highest BCUT2D eigenvalue weighted by Gasteiger charge is 2.26. The maximum absolute atomic E-state index is 12.3. The molecule has 27 heavy (non-hydrogen) atoms. The fourth-order valence-corrected chi connectivity index (χ4v) is 3.11. The lowest BCUT2D eigenvalue weighted by Crippen LogP contribution is -2.17. The number of carbonyl (C=O) groups is 1. The van der Waals surface area contributed by atoms with Crippen LogP contribution >= 0.6 is 0 Å². The zero-order chi connectivity index (χ0) is 18.6. The van der Waals surface area contributed by atoms with Gasteiger partial charge in [0.15, 0.2) is 0 Å². The molecule has 138 valence electrons. The van der Waals surface area contributed by atoms with Gasteiger partial charge in [0.25, 0.3) is 5.91 Å². The number of carbonyl (C=O) groups excluding carboxylic acids is 1. The van der Waals surface area contributed by atoms with E-state index in [0.29, 0.717) is 17.2 Å². The summed E-state index contributed by atoms with van der Waals surface area (Å²) in [5, 5.41) is 10.4. The van der Waals surface area contributed by atoms with Crippen LogP contribution < -0.4 is 5.32 Å². The molecule has 0 aliphatic heterocycles. The zero-order valence-corrected chi connectivity index (χ0v) is 15.4. The second-order valence-electron chi connectivity index (χ2n) is 7.16. The molecular formula is C21H23N5O. The molecule has 2 N–H and O–H groups in total. The molecule has 1 aliphatic carbocycles. The molecule has 2 aromatic heterocycles. The number of hydrogen-bond donors (Lipinski definition) is 2. The van der Waals surface area contributed by atoms with Gasteiger partial charge in [-0.15, -0.1) is 0 Å². The van der Waals surface area contributed by atoms with Crippen molar-refractivity contribution in [2.75, 3.05) is 12.4 Å². The molecule has 0 spiro atoms. The summed E-state index contributed by atoms with van der Waals surface area (Å²) in [5.41, 5.74) is 4.83. The van der Waals surface area contributed by atoms with Crippen LogP contribution in [0.15, 0.2) is 54.9 Å². The molecule has 1 saturated carbocycles. The Labute approximate surface area is 158 Å². The lowest BCUT2D eigenvalue weighted by Gasteiger charge is -2.15. The number of nitrogens with one attached hydrogen (secondary N) is 2. The summed E-state index contributed by atoms with van der Waals surface area (Å²) in [6, 6.07) is 13.5. The van der Waals surface area contributed by atoms with Crippen LogP contribution in [0.25, 0.3) is 0 Å². The van der Waals surface area contributed by atoms with Crippen molar-refractivity contribution in [2.45, 2.75) is 31.8 Å². The van der Waals surface area contributed by atoms with E-state index in [1.165, 1.54) is 18.5 Å². The summed E-state index contributed by atoms with van der Waals surface area (Å²) in [4.78, 5) is 18.5. The molecule has 2 heterocycles. The first-order valence-corrected chi connectivity index (χ1v) is 9.20. The molecule has 0 atom stereocenters. The molecule has 1 fully saturated rings. The normalized spacial score (nSPS) is 13.7. The predicted octanol–water partition coefficient (Wildman–Crippen LogP) is 3.57. The maximum Gasteiger partial charge on any atom is 0.255 e. The van der Waals surface area contributed by atoms with Gasteiger partial charge in [0.05, 0.1) is 17.6 Å². The van der Waals surface area contributed by atoms with Gasteiger partial charge in [-0.1, -0.05) is 12.1 Å². The number of hydrogen-bond acceptors (Lipinski definition) is 4. The third-order valence-corrected chi connectivity index (χ3v) is 4.67. The smallest absolute Gasteiger partial charge is 0.255 e. The van der Waals surface area contributed by atoms with Gasteiger partial charge >= 0.3 is 0 Å². The Morgan fingerprint density at radius 3 is 2.74 bits per heavy atom. The number of anilines is 1. The lowest BCUT2D eigenvalue weighted by molar-refractivity contribution is 0.102. The third-order valence-electron chi connectivity index (χ3n) is 4.67. The predicted molar refractivity (Wildman–Crippen MR) is 104 cm³/mol. The Morgan fingerprint density at radius 1 is 1.22 bits per heavy atom. The van der Waals surface area contributed by atoms with E-state index in [2.05, 4.69) is 38.5 Å². The molecule has 4 rings (SSSR count). The molecule has 0 radical (unpaired) electrons. The van der Waals surface area contributed by atoms with Gasteiger partial charge in [0.2, 0.25) is 0 Å². The summed E-state index contributed by atoms with van der Waals surface area (Å²) in [5.74, 6) is 0.540. The van der Waals surface area contributed by atoms with Crippen LogP contribution in [0, 0.1) is 0 Å². The molecule has 0 bridgehead atoms. The van der Waals surface area contributed by atoms with Gasteiger partial charge in [-0.25, -0.2) is 0 Å². The summed E-state index contributed by atoms with van der Waals surface area (Å²) in [6.45, 7) is 1.63. The van der Waals surface area contributed by atoms with E-state index >= 15 is 0 Å². The first-order valence-electron chi connectivity index (χ1n) is 9.20. The lowest BCUT2D eigenvalue weighted by atomic mass is 10.1. The zero-order valence-electron chi connectivity index (χ0n) is 15.4. The topological polar surface area (TPSA) is 73.9 Å². The number of pyridine rings is 1. The van der Waals surface area contributed by atoms with Crippen molar-refractivity contribution in [3.05, 3.63) is 77.4 Å². The Balaban J connectivity index is 1.32. The van der Waals surface area contributed by atoms with Gasteiger partial charge in [0, 0.05) is 36.5 Å². The van der Waals surface area contributed by atoms with Crippen LogP contribution in [0.4, 0.5) is 5.69 Å². The van der Waals surface area contributed by atoms with Crippen LogP contribution in [-0.2, 0) is 13.1 Å². The van der Waals surface area contributed by atoms with Crippen LogP contribution in [-0.4, -0.2) is 33.0 Å². The van der Waals surface area contributed by atoms with Crippen molar-refractivity contribution >= 4 is 11.6 Å². The number of H-pyrrole nitrogens is 1. The standard InChI is InChI=1S/C21H23N5O/c1-26(14-19-11-20(25-24-19)16-8-9-16)13-15-4-6-17(7-5-15)21(27)23-18-3-2-10-22-12-18/h2-7,10-12,16H,8-9,13-14H2,1H3,(H,23,27)(H,24,25). The van der Waals surface area contributed by atoms with Gasteiger partial charge in [-0.05, 0) is 55.8 Å². The average molecular weight is 361 g/mol. The molecular weight excluding hydrogens is 338 g/mol. The fourth-order valence-electron chi connectivity index (χ4n) is 3.11. The van der Waals surface area contributed by atoms with E-state index in [1.807, 2.05) is 30.3 Å². The Morgan fingerprint density at radius 2 is 2.04 bits per heavy atom. The summed E-state index contributed by atoms with van der Waals surface area (Å²) >= 11 is 0. The second kappa shape index (κ2) is 7.72. The van der Waals surface area contributed by atoms with E-state index in [4.69, 9.17) is 0 Å².